The number of hydrogen-bond acceptors (Lipinski definition) is 7. The maximum absolute atomic E-state index is 14.8. The summed E-state index contributed by atoms with van der Waals surface area (Å²) in [7, 11) is 0. The van der Waals surface area contributed by atoms with Crippen molar-refractivity contribution in [3.63, 3.8) is 0 Å². The van der Waals surface area contributed by atoms with E-state index < -0.39 is 53.1 Å². The van der Waals surface area contributed by atoms with Gasteiger partial charge in [0.2, 0.25) is 11.5 Å². The number of carbonyl (C=O) groups is 3. The standard InChI is InChI=1S/C32H28F4N6O5/c1-30(28(37)44)16-47-26-21(30)14-23(41-25(26)17-5-7-20(33)8-6-17)31(46,32(34,35)36)15-39-27(43)19-12-18-4-2-9-38-24(18)22(13-19)40-29(45)42-10-3-11-42/h2,4-9,12-14,46H,3,10-11,15-16H2,1H3,(H2,37,44)(H,39,43)(H,40,45)/t30-,31?/m0/s1. The Morgan fingerprint density at radius 1 is 1.11 bits per heavy atom. The number of fused-ring (bicyclic) bond motifs is 2. The Morgan fingerprint density at radius 3 is 2.47 bits per heavy atom. The smallest absolute Gasteiger partial charge is 0.424 e. The minimum atomic E-state index is -5.40. The molecule has 11 nitrogen and oxygen atoms in total. The van der Waals surface area contributed by atoms with Gasteiger partial charge in [-0.1, -0.05) is 6.07 Å². The molecule has 2 aromatic carbocycles. The number of nitrogens with zero attached hydrogens (tertiary/aromatic N) is 3. The molecule has 2 aliphatic rings. The lowest BCUT2D eigenvalue weighted by Gasteiger charge is -2.31. The summed E-state index contributed by atoms with van der Waals surface area (Å²) in [6.45, 7) is 0.778. The fourth-order valence-corrected chi connectivity index (χ4v) is 5.38. The zero-order chi connectivity index (χ0) is 33.7. The number of alkyl halides is 3. The van der Waals surface area contributed by atoms with Crippen molar-refractivity contribution < 1.29 is 41.8 Å². The number of carbonyl (C=O) groups excluding carboxylic acids is 3. The van der Waals surface area contributed by atoms with Crippen LogP contribution in [0.2, 0.25) is 0 Å². The van der Waals surface area contributed by atoms with Crippen LogP contribution in [0.1, 0.15) is 35.0 Å². The molecule has 1 unspecified atom stereocenters. The first kappa shape index (κ1) is 31.7. The summed E-state index contributed by atoms with van der Waals surface area (Å²) >= 11 is 0. The van der Waals surface area contributed by atoms with Gasteiger partial charge in [0.15, 0.2) is 0 Å². The van der Waals surface area contributed by atoms with E-state index in [0.717, 1.165) is 24.6 Å². The minimum Gasteiger partial charge on any atom is -0.489 e. The summed E-state index contributed by atoms with van der Waals surface area (Å²) in [4.78, 5) is 48.3. The monoisotopic (exact) mass is 652 g/mol. The number of pyridine rings is 2. The van der Waals surface area contributed by atoms with Crippen LogP contribution in [-0.4, -0.2) is 70.2 Å². The quantitative estimate of drug-likeness (QED) is 0.220. The third kappa shape index (κ3) is 5.56. The second-order valence-electron chi connectivity index (χ2n) is 11.6. The molecule has 0 saturated carbocycles. The van der Waals surface area contributed by atoms with Crippen LogP contribution in [0.3, 0.4) is 0 Å². The SMILES string of the molecule is C[C@]1(C(N)=O)COc2c1cc(C(O)(CNC(=O)c1cc(NC(=O)N3CCC3)c3ncccc3c1)C(F)(F)F)nc2-c1ccc(F)cc1. The van der Waals surface area contributed by atoms with Crippen LogP contribution in [0, 0.1) is 5.82 Å². The lowest BCUT2D eigenvalue weighted by Crippen LogP contribution is -2.51. The summed E-state index contributed by atoms with van der Waals surface area (Å²) in [5.41, 5.74) is -0.403. The van der Waals surface area contributed by atoms with Crippen LogP contribution in [-0.2, 0) is 15.8 Å². The van der Waals surface area contributed by atoms with Crippen molar-refractivity contribution in [2.24, 2.45) is 5.73 Å². The molecule has 4 heterocycles. The highest BCUT2D eigenvalue weighted by molar-refractivity contribution is 6.05. The molecule has 0 aliphatic carbocycles. The highest BCUT2D eigenvalue weighted by Gasteiger charge is 2.57. The van der Waals surface area contributed by atoms with Gasteiger partial charge in [-0.25, -0.2) is 14.2 Å². The number of nitrogens with two attached hydrogens (primary N) is 1. The average Bonchev–Trinajstić information content (AvgIpc) is 3.36. The Labute approximate surface area is 264 Å². The number of amides is 4. The molecule has 1 saturated heterocycles. The van der Waals surface area contributed by atoms with Gasteiger partial charge in [-0.05, 0) is 61.9 Å². The van der Waals surface area contributed by atoms with Crippen LogP contribution >= 0.6 is 0 Å². The predicted molar refractivity (Wildman–Crippen MR) is 161 cm³/mol. The number of aliphatic hydroxyl groups is 1. The molecule has 2 aromatic heterocycles. The topological polar surface area (TPSA) is 160 Å². The summed E-state index contributed by atoms with van der Waals surface area (Å²) in [5, 5.41) is 16.6. The number of hydrogen-bond donors (Lipinski definition) is 4. The Bertz CT molecular complexity index is 1920. The zero-order valence-corrected chi connectivity index (χ0v) is 24.8. The Kier molecular flexibility index (Phi) is 7.74. The lowest BCUT2D eigenvalue weighted by molar-refractivity contribution is -0.265. The van der Waals surface area contributed by atoms with Crippen molar-refractivity contribution in [2.75, 3.05) is 31.6 Å². The number of anilines is 1. The number of urea groups is 1. The van der Waals surface area contributed by atoms with E-state index in [4.69, 9.17) is 10.5 Å². The fourth-order valence-electron chi connectivity index (χ4n) is 5.38. The molecule has 15 heteroatoms. The van der Waals surface area contributed by atoms with E-state index in [0.29, 0.717) is 24.0 Å². The van der Waals surface area contributed by atoms with Crippen LogP contribution in [0.5, 0.6) is 5.75 Å². The van der Waals surface area contributed by atoms with E-state index in [9.17, 15) is 37.1 Å². The molecule has 6 rings (SSSR count). The van der Waals surface area contributed by atoms with Gasteiger partial charge in [0.1, 0.15) is 29.3 Å². The van der Waals surface area contributed by atoms with Crippen LogP contribution < -0.4 is 21.1 Å². The zero-order valence-electron chi connectivity index (χ0n) is 24.8. The van der Waals surface area contributed by atoms with E-state index in [-0.39, 0.29) is 40.4 Å². The van der Waals surface area contributed by atoms with E-state index >= 15 is 0 Å². The molecule has 4 aromatic rings. The number of aromatic nitrogens is 2. The summed E-state index contributed by atoms with van der Waals surface area (Å²) in [5.74, 6) is -2.56. The van der Waals surface area contributed by atoms with Crippen molar-refractivity contribution >= 4 is 34.4 Å². The number of primary amides is 1. The third-order valence-electron chi connectivity index (χ3n) is 8.48. The summed E-state index contributed by atoms with van der Waals surface area (Å²) < 4.78 is 63.7. The number of benzene rings is 2. The first-order chi connectivity index (χ1) is 22.2. The van der Waals surface area contributed by atoms with E-state index in [1.54, 1.807) is 17.0 Å². The molecular formula is C32H28F4N6O5. The van der Waals surface area contributed by atoms with E-state index in [2.05, 4.69) is 20.6 Å². The van der Waals surface area contributed by atoms with Gasteiger partial charge in [-0.3, -0.25) is 14.6 Å². The first-order valence-corrected chi connectivity index (χ1v) is 14.5. The molecule has 1 fully saturated rings. The number of likely N-dealkylation sites (tertiary alicyclic amines) is 1. The van der Waals surface area contributed by atoms with Gasteiger partial charge in [-0.2, -0.15) is 13.2 Å². The highest BCUT2D eigenvalue weighted by atomic mass is 19.4. The summed E-state index contributed by atoms with van der Waals surface area (Å²) in [6.07, 6.45) is -3.06. The molecule has 2 aliphatic heterocycles. The molecular weight excluding hydrogens is 624 g/mol. The van der Waals surface area contributed by atoms with Crippen LogP contribution in [0.25, 0.3) is 22.2 Å². The van der Waals surface area contributed by atoms with Gasteiger partial charge in [0, 0.05) is 41.4 Å². The number of halogens is 4. The Hall–Kier alpha value is -5.31. The number of rotatable bonds is 7. The van der Waals surface area contributed by atoms with Gasteiger partial charge < -0.3 is 31.1 Å². The van der Waals surface area contributed by atoms with Crippen molar-refractivity contribution in [3.8, 4) is 17.0 Å². The van der Waals surface area contributed by atoms with Gasteiger partial charge >= 0.3 is 12.2 Å². The van der Waals surface area contributed by atoms with Gasteiger partial charge in [0.25, 0.3) is 5.91 Å². The normalized spacial score (nSPS) is 18.5. The lowest BCUT2D eigenvalue weighted by atomic mass is 9.81. The highest BCUT2D eigenvalue weighted by Crippen LogP contribution is 2.47. The Balaban J connectivity index is 1.38. The molecule has 47 heavy (non-hydrogen) atoms. The summed E-state index contributed by atoms with van der Waals surface area (Å²) in [6, 6.07) is 11.0. The predicted octanol–water partition coefficient (Wildman–Crippen LogP) is 3.99. The fraction of sp³-hybridized carbons (Fsp3) is 0.281. The largest absolute Gasteiger partial charge is 0.489 e. The van der Waals surface area contributed by atoms with Gasteiger partial charge in [-0.15, -0.1) is 0 Å². The number of ether oxygens (including phenoxy) is 1. The second-order valence-corrected chi connectivity index (χ2v) is 11.6. The molecule has 2 atom stereocenters. The third-order valence-corrected chi connectivity index (χ3v) is 8.48. The van der Waals surface area contributed by atoms with Crippen molar-refractivity contribution in [1.82, 2.24) is 20.2 Å². The molecule has 0 spiro atoms. The molecule has 4 amide bonds. The number of nitrogens with one attached hydrogen (secondary N) is 2. The molecule has 244 valence electrons. The van der Waals surface area contributed by atoms with Gasteiger partial charge in [0.05, 0.1) is 23.4 Å². The maximum atomic E-state index is 14.8. The van der Waals surface area contributed by atoms with Crippen LogP contribution in [0.4, 0.5) is 28.0 Å². The maximum Gasteiger partial charge on any atom is 0.424 e. The Morgan fingerprint density at radius 2 is 1.83 bits per heavy atom. The average molecular weight is 653 g/mol. The van der Waals surface area contributed by atoms with Crippen molar-refractivity contribution in [1.29, 1.82) is 0 Å². The first-order valence-electron chi connectivity index (χ1n) is 14.5. The van der Waals surface area contributed by atoms with Crippen molar-refractivity contribution in [3.05, 3.63) is 83.4 Å². The van der Waals surface area contributed by atoms with E-state index in [1.165, 1.54) is 37.4 Å². The van der Waals surface area contributed by atoms with E-state index in [1.807, 2.05) is 0 Å². The molecule has 5 N–H and O–H groups in total. The van der Waals surface area contributed by atoms with Crippen molar-refractivity contribution in [2.45, 2.75) is 30.5 Å². The van der Waals surface area contributed by atoms with Crippen LogP contribution in [0.15, 0.2) is 60.8 Å². The second kappa shape index (κ2) is 11.5. The molecule has 0 radical (unpaired) electrons. The molecule has 0 bridgehead atoms. The minimum absolute atomic E-state index is 0.0483.